The molecule has 1 N–H and O–H groups in total. The van der Waals surface area contributed by atoms with E-state index in [2.05, 4.69) is 10.4 Å². The van der Waals surface area contributed by atoms with E-state index in [0.29, 0.717) is 17.1 Å². The molecule has 1 heterocycles. The Hall–Kier alpha value is -2.95. The summed E-state index contributed by atoms with van der Waals surface area (Å²) in [5, 5.41) is 7.00. The topological polar surface area (TPSA) is 46.9 Å². The molecule has 0 saturated carbocycles. The Bertz CT molecular complexity index is 901. The number of nitrogens with zero attached hydrogens (tertiary/aromatic N) is 2. The van der Waals surface area contributed by atoms with Crippen LogP contribution in [0.1, 0.15) is 41.4 Å². The molecule has 1 aromatic heterocycles. The molecule has 0 aliphatic rings. The zero-order chi connectivity index (χ0) is 18.0. The van der Waals surface area contributed by atoms with Crippen LogP contribution in [0.15, 0.2) is 54.6 Å². The van der Waals surface area contributed by atoms with Gasteiger partial charge in [-0.2, -0.15) is 9.49 Å². The number of carbonyl (C=O) groups is 1. The van der Waals surface area contributed by atoms with E-state index in [-0.39, 0.29) is 11.5 Å². The van der Waals surface area contributed by atoms with Crippen LogP contribution in [-0.2, 0) is 0 Å². The maximum Gasteiger partial charge on any atom is 0.262 e. The van der Waals surface area contributed by atoms with Gasteiger partial charge in [0.1, 0.15) is 5.56 Å². The van der Waals surface area contributed by atoms with Gasteiger partial charge < -0.3 is 5.32 Å². The van der Waals surface area contributed by atoms with Crippen molar-refractivity contribution in [3.05, 3.63) is 77.4 Å². The molecule has 0 spiro atoms. The molecule has 0 unspecified atom stereocenters. The molecule has 1 amide bonds. The molecule has 0 saturated heterocycles. The first kappa shape index (κ1) is 16.9. The lowest BCUT2D eigenvalue weighted by atomic mass is 10.0. The first-order chi connectivity index (χ1) is 12.0. The summed E-state index contributed by atoms with van der Waals surface area (Å²) in [7, 11) is 0. The predicted molar refractivity (Wildman–Crippen MR) is 96.7 cm³/mol. The van der Waals surface area contributed by atoms with Gasteiger partial charge in [0.25, 0.3) is 5.91 Å². The minimum atomic E-state index is -0.664. The van der Waals surface area contributed by atoms with Crippen LogP contribution in [-0.4, -0.2) is 15.7 Å². The third kappa shape index (κ3) is 3.31. The van der Waals surface area contributed by atoms with Crippen molar-refractivity contribution < 1.29 is 9.18 Å². The second-order valence-corrected chi connectivity index (χ2v) is 6.19. The van der Waals surface area contributed by atoms with Gasteiger partial charge in [-0.1, -0.05) is 50.2 Å². The highest BCUT2D eigenvalue weighted by Crippen LogP contribution is 2.25. The predicted octanol–water partition coefficient (Wildman–Crippen LogP) is 4.70. The summed E-state index contributed by atoms with van der Waals surface area (Å²) < 4.78 is 16.0. The van der Waals surface area contributed by atoms with Gasteiger partial charge in [0.15, 0.2) is 0 Å². The van der Waals surface area contributed by atoms with Gasteiger partial charge in [0, 0.05) is 5.69 Å². The molecule has 25 heavy (non-hydrogen) atoms. The second kappa shape index (κ2) is 6.89. The number of hydrogen-bond donors (Lipinski definition) is 1. The maximum absolute atomic E-state index is 14.8. The smallest absolute Gasteiger partial charge is 0.262 e. The van der Waals surface area contributed by atoms with Crippen molar-refractivity contribution in [1.29, 1.82) is 0 Å². The van der Waals surface area contributed by atoms with Crippen molar-refractivity contribution in [2.45, 2.75) is 26.7 Å². The van der Waals surface area contributed by atoms with Gasteiger partial charge >= 0.3 is 0 Å². The van der Waals surface area contributed by atoms with Crippen LogP contribution in [0, 0.1) is 12.9 Å². The summed E-state index contributed by atoms with van der Waals surface area (Å²) in [5.74, 6) is -0.914. The number of rotatable bonds is 4. The molecule has 0 bridgehead atoms. The monoisotopic (exact) mass is 337 g/mol. The summed E-state index contributed by atoms with van der Waals surface area (Å²) in [4.78, 5) is 12.7. The number of carbonyl (C=O) groups excluding carboxylic acids is 1. The highest BCUT2D eigenvalue weighted by Gasteiger charge is 2.23. The Kier molecular flexibility index (Phi) is 4.65. The number of para-hydroxylation sites is 2. The summed E-state index contributed by atoms with van der Waals surface area (Å²) in [5.41, 5.74) is 2.58. The van der Waals surface area contributed by atoms with Gasteiger partial charge in [-0.15, -0.1) is 0 Å². The largest absolute Gasteiger partial charge is 0.322 e. The minimum absolute atomic E-state index is 0.0394. The number of halogens is 1. The summed E-state index contributed by atoms with van der Waals surface area (Å²) in [6.07, 6.45) is 0. The summed E-state index contributed by atoms with van der Waals surface area (Å²) in [6, 6.07) is 16.5. The number of aryl methyl sites for hydroxylation is 1. The lowest BCUT2D eigenvalue weighted by molar-refractivity contribution is 0.102. The van der Waals surface area contributed by atoms with E-state index in [1.807, 2.05) is 44.2 Å². The van der Waals surface area contributed by atoms with Crippen molar-refractivity contribution >= 4 is 11.6 Å². The molecule has 3 rings (SSSR count). The van der Waals surface area contributed by atoms with Crippen molar-refractivity contribution in [1.82, 2.24) is 9.78 Å². The number of nitrogens with one attached hydrogen (secondary N) is 1. The maximum atomic E-state index is 14.8. The van der Waals surface area contributed by atoms with Crippen LogP contribution in [0.2, 0.25) is 0 Å². The molecular formula is C20H20FN3O. The number of amides is 1. The molecule has 0 radical (unpaired) electrons. The quantitative estimate of drug-likeness (QED) is 0.750. The third-order valence-electron chi connectivity index (χ3n) is 4.06. The number of benzene rings is 2. The third-order valence-corrected chi connectivity index (χ3v) is 4.06. The lowest BCUT2D eigenvalue weighted by Gasteiger charge is -2.13. The Morgan fingerprint density at radius 2 is 1.72 bits per heavy atom. The first-order valence-electron chi connectivity index (χ1n) is 8.20. The average Bonchev–Trinajstić information content (AvgIpc) is 2.90. The fourth-order valence-corrected chi connectivity index (χ4v) is 2.80. The molecule has 128 valence electrons. The fraction of sp³-hybridized carbons (Fsp3) is 0.200. The Balaban J connectivity index is 1.95. The average molecular weight is 337 g/mol. The van der Waals surface area contributed by atoms with Gasteiger partial charge in [-0.25, -0.2) is 4.68 Å². The molecule has 0 aliphatic heterocycles. The van der Waals surface area contributed by atoms with Crippen LogP contribution in [0.3, 0.4) is 0 Å². The van der Waals surface area contributed by atoms with E-state index < -0.39 is 11.9 Å². The van der Waals surface area contributed by atoms with Crippen molar-refractivity contribution in [3.63, 3.8) is 0 Å². The Morgan fingerprint density at radius 3 is 2.40 bits per heavy atom. The van der Waals surface area contributed by atoms with E-state index in [4.69, 9.17) is 0 Å². The normalized spacial score (nSPS) is 10.9. The van der Waals surface area contributed by atoms with Gasteiger partial charge in [-0.05, 0) is 36.6 Å². The van der Waals surface area contributed by atoms with E-state index in [0.717, 1.165) is 10.2 Å². The minimum Gasteiger partial charge on any atom is -0.322 e. The van der Waals surface area contributed by atoms with Crippen LogP contribution >= 0.6 is 0 Å². The molecule has 0 aliphatic carbocycles. The van der Waals surface area contributed by atoms with Gasteiger partial charge in [0.05, 0.1) is 11.4 Å². The number of hydrogen-bond acceptors (Lipinski definition) is 2. The van der Waals surface area contributed by atoms with Crippen LogP contribution < -0.4 is 5.32 Å². The molecule has 0 atom stereocenters. The van der Waals surface area contributed by atoms with Gasteiger partial charge in [0.2, 0.25) is 5.95 Å². The SMILES string of the molecule is Cc1nn(-c2ccccc2)c(F)c1C(=O)Nc1ccccc1C(C)C. The number of anilines is 1. The van der Waals surface area contributed by atoms with E-state index in [9.17, 15) is 9.18 Å². The fourth-order valence-electron chi connectivity index (χ4n) is 2.80. The Labute approximate surface area is 146 Å². The Morgan fingerprint density at radius 1 is 1.08 bits per heavy atom. The zero-order valence-electron chi connectivity index (χ0n) is 14.5. The van der Waals surface area contributed by atoms with Crippen molar-refractivity contribution in [2.75, 3.05) is 5.32 Å². The number of aromatic nitrogens is 2. The van der Waals surface area contributed by atoms with E-state index in [1.54, 1.807) is 31.2 Å². The zero-order valence-corrected chi connectivity index (χ0v) is 14.5. The molecule has 3 aromatic rings. The molecule has 5 heteroatoms. The van der Waals surface area contributed by atoms with Crippen molar-refractivity contribution in [3.8, 4) is 5.69 Å². The standard InChI is InChI=1S/C20H20FN3O/c1-13(2)16-11-7-8-12-17(16)22-20(25)18-14(3)23-24(19(18)21)15-9-5-4-6-10-15/h4-13H,1-3H3,(H,22,25). The highest BCUT2D eigenvalue weighted by atomic mass is 19.1. The lowest BCUT2D eigenvalue weighted by Crippen LogP contribution is -2.16. The molecular weight excluding hydrogens is 317 g/mol. The van der Waals surface area contributed by atoms with Crippen molar-refractivity contribution in [2.24, 2.45) is 0 Å². The molecule has 2 aromatic carbocycles. The highest BCUT2D eigenvalue weighted by molar-refractivity contribution is 6.05. The van der Waals surface area contributed by atoms with Crippen LogP contribution in [0.4, 0.5) is 10.1 Å². The summed E-state index contributed by atoms with van der Waals surface area (Å²) in [6.45, 7) is 5.72. The van der Waals surface area contributed by atoms with E-state index in [1.165, 1.54) is 0 Å². The summed E-state index contributed by atoms with van der Waals surface area (Å²) >= 11 is 0. The van der Waals surface area contributed by atoms with Crippen LogP contribution in [0.5, 0.6) is 0 Å². The molecule has 0 fully saturated rings. The molecule has 4 nitrogen and oxygen atoms in total. The van der Waals surface area contributed by atoms with Gasteiger partial charge in [-0.3, -0.25) is 4.79 Å². The first-order valence-corrected chi connectivity index (χ1v) is 8.20. The van der Waals surface area contributed by atoms with E-state index >= 15 is 0 Å². The van der Waals surface area contributed by atoms with Crippen LogP contribution in [0.25, 0.3) is 5.69 Å². The second-order valence-electron chi connectivity index (χ2n) is 6.19.